The molecule has 0 unspecified atom stereocenters. The Hall–Kier alpha value is -1.81. The third-order valence-corrected chi connectivity index (χ3v) is 4.22. The lowest BCUT2D eigenvalue weighted by Gasteiger charge is -2.12. The molecule has 20 heavy (non-hydrogen) atoms. The lowest BCUT2D eigenvalue weighted by molar-refractivity contribution is 0.482. The van der Waals surface area contributed by atoms with E-state index in [1.54, 1.807) is 24.3 Å². The summed E-state index contributed by atoms with van der Waals surface area (Å²) < 4.78 is 29.8. The zero-order valence-corrected chi connectivity index (χ0v) is 12.5. The van der Waals surface area contributed by atoms with E-state index in [0.717, 1.165) is 24.0 Å². The molecule has 2 aromatic rings. The van der Waals surface area contributed by atoms with Gasteiger partial charge in [-0.05, 0) is 42.7 Å². The van der Waals surface area contributed by atoms with Crippen LogP contribution in [0.2, 0.25) is 0 Å². The fourth-order valence-electron chi connectivity index (χ4n) is 1.97. The number of aryl methyl sites for hydroxylation is 2. The van der Waals surface area contributed by atoms with Gasteiger partial charge in [0.1, 0.15) is 10.6 Å². The topological polar surface area (TPSA) is 43.4 Å². The molecule has 0 amide bonds. The molecule has 2 rings (SSSR count). The summed E-state index contributed by atoms with van der Waals surface area (Å²) in [5.74, 6) is 0.427. The molecule has 0 saturated carbocycles. The van der Waals surface area contributed by atoms with Crippen LogP contribution in [0.3, 0.4) is 0 Å². The third-order valence-electron chi connectivity index (χ3n) is 2.97. The minimum absolute atomic E-state index is 0.170. The summed E-state index contributed by atoms with van der Waals surface area (Å²) in [7, 11) is -3.77. The molecule has 3 nitrogen and oxygen atoms in total. The quantitative estimate of drug-likeness (QED) is 0.788. The maximum Gasteiger partial charge on any atom is 0.339 e. The van der Waals surface area contributed by atoms with Gasteiger partial charge < -0.3 is 4.18 Å². The van der Waals surface area contributed by atoms with Crippen LogP contribution >= 0.6 is 0 Å². The molecule has 4 heteroatoms. The van der Waals surface area contributed by atoms with Crippen molar-refractivity contribution in [2.75, 3.05) is 0 Å². The summed E-state index contributed by atoms with van der Waals surface area (Å²) in [4.78, 5) is 0.170. The van der Waals surface area contributed by atoms with Crippen molar-refractivity contribution >= 4 is 10.1 Å². The van der Waals surface area contributed by atoms with Crippen molar-refractivity contribution in [2.45, 2.75) is 31.6 Å². The summed E-state index contributed by atoms with van der Waals surface area (Å²) in [6, 6.07) is 13.9. The van der Waals surface area contributed by atoms with Gasteiger partial charge in [-0.15, -0.1) is 0 Å². The molecule has 106 valence electrons. The lowest BCUT2D eigenvalue weighted by Crippen LogP contribution is -2.11. The Morgan fingerprint density at radius 3 is 2.40 bits per heavy atom. The molecular weight excluding hydrogens is 272 g/mol. The van der Waals surface area contributed by atoms with Crippen molar-refractivity contribution in [3.8, 4) is 5.75 Å². The van der Waals surface area contributed by atoms with Crippen molar-refractivity contribution in [1.82, 2.24) is 0 Å². The predicted octanol–water partition coefficient (Wildman–Crippen LogP) is 3.72. The second-order valence-electron chi connectivity index (χ2n) is 4.71. The zero-order chi connectivity index (χ0) is 14.6. The average Bonchev–Trinajstić information content (AvgIpc) is 2.43. The molecular formula is C16H18O3S. The fourth-order valence-corrected chi connectivity index (χ4v) is 2.95. The van der Waals surface area contributed by atoms with Crippen LogP contribution in [0, 0.1) is 6.92 Å². The highest BCUT2D eigenvalue weighted by Crippen LogP contribution is 2.25. The van der Waals surface area contributed by atoms with Crippen LogP contribution < -0.4 is 4.18 Å². The SMILES string of the molecule is CCCc1ccc(C)cc1OS(=O)(=O)c1ccccc1. The first-order valence-corrected chi connectivity index (χ1v) is 8.03. The van der Waals surface area contributed by atoms with E-state index in [-0.39, 0.29) is 4.90 Å². The zero-order valence-electron chi connectivity index (χ0n) is 11.7. The van der Waals surface area contributed by atoms with Crippen molar-refractivity contribution in [3.63, 3.8) is 0 Å². The Morgan fingerprint density at radius 1 is 1.05 bits per heavy atom. The molecule has 0 saturated heterocycles. The first-order chi connectivity index (χ1) is 9.53. The second kappa shape index (κ2) is 6.09. The lowest BCUT2D eigenvalue weighted by atomic mass is 10.1. The van der Waals surface area contributed by atoms with Gasteiger partial charge in [-0.1, -0.05) is 43.7 Å². The van der Waals surface area contributed by atoms with E-state index < -0.39 is 10.1 Å². The van der Waals surface area contributed by atoms with Crippen LogP contribution in [0.15, 0.2) is 53.4 Å². The Balaban J connectivity index is 2.36. The maximum atomic E-state index is 12.2. The predicted molar refractivity (Wildman–Crippen MR) is 79.4 cm³/mol. The molecule has 0 heterocycles. The molecule has 0 radical (unpaired) electrons. The van der Waals surface area contributed by atoms with E-state index in [1.165, 1.54) is 12.1 Å². The van der Waals surface area contributed by atoms with Crippen LogP contribution in [-0.2, 0) is 16.5 Å². The van der Waals surface area contributed by atoms with Crippen LogP contribution in [-0.4, -0.2) is 8.42 Å². The van der Waals surface area contributed by atoms with Gasteiger partial charge in [-0.2, -0.15) is 8.42 Å². The fraction of sp³-hybridized carbons (Fsp3) is 0.250. The largest absolute Gasteiger partial charge is 0.379 e. The molecule has 2 aromatic carbocycles. The molecule has 0 aliphatic heterocycles. The molecule has 0 fully saturated rings. The van der Waals surface area contributed by atoms with Crippen molar-refractivity contribution < 1.29 is 12.6 Å². The van der Waals surface area contributed by atoms with Crippen molar-refractivity contribution in [2.24, 2.45) is 0 Å². The highest BCUT2D eigenvalue weighted by molar-refractivity contribution is 7.87. The molecule has 0 aliphatic carbocycles. The summed E-state index contributed by atoms with van der Waals surface area (Å²) in [6.07, 6.45) is 1.73. The van der Waals surface area contributed by atoms with E-state index in [0.29, 0.717) is 5.75 Å². The van der Waals surface area contributed by atoms with Crippen LogP contribution in [0.1, 0.15) is 24.5 Å². The molecule has 0 spiro atoms. The van der Waals surface area contributed by atoms with E-state index >= 15 is 0 Å². The minimum atomic E-state index is -3.77. The third kappa shape index (κ3) is 3.39. The van der Waals surface area contributed by atoms with Crippen molar-refractivity contribution in [1.29, 1.82) is 0 Å². The van der Waals surface area contributed by atoms with Gasteiger partial charge in [0.05, 0.1) is 0 Å². The standard InChI is InChI=1S/C16H18O3S/c1-3-7-14-11-10-13(2)12-16(14)19-20(17,18)15-8-5-4-6-9-15/h4-6,8-12H,3,7H2,1-2H3. The van der Waals surface area contributed by atoms with E-state index in [9.17, 15) is 8.42 Å². The number of hydrogen-bond donors (Lipinski definition) is 0. The van der Waals surface area contributed by atoms with Gasteiger partial charge >= 0.3 is 10.1 Å². The Labute approximate surface area is 120 Å². The van der Waals surface area contributed by atoms with Gasteiger partial charge in [-0.3, -0.25) is 0 Å². The smallest absolute Gasteiger partial charge is 0.339 e. The van der Waals surface area contributed by atoms with Crippen LogP contribution in [0.4, 0.5) is 0 Å². The number of rotatable bonds is 5. The number of benzene rings is 2. The Morgan fingerprint density at radius 2 is 1.75 bits per heavy atom. The highest BCUT2D eigenvalue weighted by atomic mass is 32.2. The molecule has 0 atom stereocenters. The normalized spacial score (nSPS) is 11.3. The average molecular weight is 290 g/mol. The second-order valence-corrected chi connectivity index (χ2v) is 6.26. The summed E-state index contributed by atoms with van der Waals surface area (Å²) >= 11 is 0. The minimum Gasteiger partial charge on any atom is -0.379 e. The first kappa shape index (κ1) is 14.6. The summed E-state index contributed by atoms with van der Waals surface area (Å²) in [6.45, 7) is 3.97. The molecule has 0 aromatic heterocycles. The van der Waals surface area contributed by atoms with E-state index in [1.807, 2.05) is 19.1 Å². The van der Waals surface area contributed by atoms with Crippen LogP contribution in [0.5, 0.6) is 5.75 Å². The van der Waals surface area contributed by atoms with Gasteiger partial charge in [0, 0.05) is 0 Å². The van der Waals surface area contributed by atoms with E-state index in [2.05, 4.69) is 6.92 Å². The van der Waals surface area contributed by atoms with Gasteiger partial charge in [-0.25, -0.2) is 0 Å². The van der Waals surface area contributed by atoms with Gasteiger partial charge in [0.2, 0.25) is 0 Å². The Kier molecular flexibility index (Phi) is 4.45. The molecule has 0 aliphatic rings. The van der Waals surface area contributed by atoms with Crippen molar-refractivity contribution in [3.05, 3.63) is 59.7 Å². The van der Waals surface area contributed by atoms with Gasteiger partial charge in [0.25, 0.3) is 0 Å². The summed E-state index contributed by atoms with van der Waals surface area (Å²) in [5, 5.41) is 0. The molecule has 0 bridgehead atoms. The molecule has 0 N–H and O–H groups in total. The number of hydrogen-bond acceptors (Lipinski definition) is 3. The first-order valence-electron chi connectivity index (χ1n) is 6.62. The van der Waals surface area contributed by atoms with Crippen LogP contribution in [0.25, 0.3) is 0 Å². The van der Waals surface area contributed by atoms with E-state index in [4.69, 9.17) is 4.18 Å². The highest BCUT2D eigenvalue weighted by Gasteiger charge is 2.17. The Bertz CT molecular complexity index is 676. The van der Waals surface area contributed by atoms with Gasteiger partial charge in [0.15, 0.2) is 0 Å². The maximum absolute atomic E-state index is 12.2. The monoisotopic (exact) mass is 290 g/mol. The summed E-state index contributed by atoms with van der Waals surface area (Å²) in [5.41, 5.74) is 1.89.